The van der Waals surface area contributed by atoms with Gasteiger partial charge in [-0.05, 0) is 48.7 Å². The molecule has 1 aromatic heterocycles. The van der Waals surface area contributed by atoms with Gasteiger partial charge in [0, 0.05) is 12.4 Å². The average Bonchev–Trinajstić information content (AvgIpc) is 2.49. The van der Waals surface area contributed by atoms with Crippen molar-refractivity contribution >= 4 is 0 Å². The predicted molar refractivity (Wildman–Crippen MR) is 82.1 cm³/mol. The maximum absolute atomic E-state index is 13.6. The molecule has 1 aromatic carbocycles. The summed E-state index contributed by atoms with van der Waals surface area (Å²) < 4.78 is 18.7. The molecule has 3 nitrogen and oxygen atoms in total. The molecule has 4 heteroatoms. The normalized spacial score (nSPS) is 12.2. The topological polar surface area (TPSA) is 34.2 Å². The van der Waals surface area contributed by atoms with Crippen molar-refractivity contribution in [1.29, 1.82) is 0 Å². The molecule has 0 radical (unpaired) electrons. The Bertz CT molecular complexity index is 601. The van der Waals surface area contributed by atoms with Gasteiger partial charge < -0.3 is 10.1 Å². The fourth-order valence-electron chi connectivity index (χ4n) is 2.31. The number of rotatable bonds is 6. The Kier molecular flexibility index (Phi) is 5.28. The Labute approximate surface area is 125 Å². The lowest BCUT2D eigenvalue weighted by Crippen LogP contribution is -2.23. The van der Waals surface area contributed by atoms with Gasteiger partial charge in [-0.3, -0.25) is 4.98 Å². The number of benzene rings is 1. The molecule has 1 heterocycles. The Morgan fingerprint density at radius 3 is 2.71 bits per heavy atom. The smallest absolute Gasteiger partial charge is 0.165 e. The van der Waals surface area contributed by atoms with Crippen molar-refractivity contribution in [3.63, 3.8) is 0 Å². The number of ether oxygens (including phenoxy) is 1. The summed E-state index contributed by atoms with van der Waals surface area (Å²) in [5.74, 6) is -0.0886. The summed E-state index contributed by atoms with van der Waals surface area (Å²) in [7, 11) is 1.48. The van der Waals surface area contributed by atoms with Gasteiger partial charge in [-0.15, -0.1) is 0 Å². The molecular weight excluding hydrogens is 267 g/mol. The van der Waals surface area contributed by atoms with E-state index >= 15 is 0 Å². The first-order valence-corrected chi connectivity index (χ1v) is 7.14. The van der Waals surface area contributed by atoms with Gasteiger partial charge in [-0.25, -0.2) is 4.39 Å². The van der Waals surface area contributed by atoms with E-state index in [0.29, 0.717) is 0 Å². The van der Waals surface area contributed by atoms with Crippen LogP contribution in [-0.4, -0.2) is 18.6 Å². The summed E-state index contributed by atoms with van der Waals surface area (Å²) in [4.78, 5) is 4.25. The van der Waals surface area contributed by atoms with Gasteiger partial charge in [-0.2, -0.15) is 0 Å². The Morgan fingerprint density at radius 2 is 2.05 bits per heavy atom. The number of nitrogens with one attached hydrogen (secondary N) is 1. The molecule has 0 aliphatic rings. The van der Waals surface area contributed by atoms with E-state index in [-0.39, 0.29) is 17.6 Å². The molecule has 21 heavy (non-hydrogen) atoms. The largest absolute Gasteiger partial charge is 0.494 e. The molecule has 0 aliphatic carbocycles. The second kappa shape index (κ2) is 7.18. The fourth-order valence-corrected chi connectivity index (χ4v) is 2.31. The minimum atomic E-state index is -0.349. The minimum absolute atomic E-state index is 0.0214. The Hall–Kier alpha value is -1.94. The molecule has 0 bridgehead atoms. The molecule has 1 N–H and O–H groups in total. The minimum Gasteiger partial charge on any atom is -0.494 e. The van der Waals surface area contributed by atoms with E-state index in [9.17, 15) is 4.39 Å². The van der Waals surface area contributed by atoms with Crippen LogP contribution in [0.2, 0.25) is 0 Å². The van der Waals surface area contributed by atoms with Crippen LogP contribution in [0.1, 0.15) is 36.1 Å². The summed E-state index contributed by atoms with van der Waals surface area (Å²) in [6.45, 7) is 5.00. The van der Waals surface area contributed by atoms with Gasteiger partial charge in [-0.1, -0.05) is 19.1 Å². The second-order valence-electron chi connectivity index (χ2n) is 5.08. The zero-order chi connectivity index (χ0) is 15.2. The molecule has 0 saturated heterocycles. The molecule has 0 saturated carbocycles. The molecule has 0 amide bonds. The first kappa shape index (κ1) is 15.4. The van der Waals surface area contributed by atoms with Crippen LogP contribution in [0.15, 0.2) is 36.7 Å². The van der Waals surface area contributed by atoms with Crippen LogP contribution in [0, 0.1) is 12.7 Å². The van der Waals surface area contributed by atoms with Crippen molar-refractivity contribution in [2.75, 3.05) is 13.7 Å². The number of aryl methyl sites for hydroxylation is 1. The molecule has 1 unspecified atom stereocenters. The highest BCUT2D eigenvalue weighted by atomic mass is 19.1. The first-order valence-electron chi connectivity index (χ1n) is 7.14. The van der Waals surface area contributed by atoms with Crippen molar-refractivity contribution in [1.82, 2.24) is 10.3 Å². The highest BCUT2D eigenvalue weighted by molar-refractivity contribution is 5.37. The third-order valence-electron chi connectivity index (χ3n) is 3.34. The lowest BCUT2D eigenvalue weighted by atomic mass is 9.98. The van der Waals surface area contributed by atoms with Crippen molar-refractivity contribution in [2.24, 2.45) is 0 Å². The number of hydrogen-bond donors (Lipinski definition) is 1. The lowest BCUT2D eigenvalue weighted by Gasteiger charge is -2.20. The van der Waals surface area contributed by atoms with E-state index in [1.165, 1.54) is 13.2 Å². The van der Waals surface area contributed by atoms with Gasteiger partial charge in [0.25, 0.3) is 0 Å². The predicted octanol–water partition coefficient (Wildman–Crippen LogP) is 3.63. The van der Waals surface area contributed by atoms with Crippen LogP contribution >= 0.6 is 0 Å². The van der Waals surface area contributed by atoms with E-state index in [0.717, 1.165) is 29.7 Å². The summed E-state index contributed by atoms with van der Waals surface area (Å²) in [5, 5.41) is 3.48. The van der Waals surface area contributed by atoms with E-state index in [4.69, 9.17) is 4.74 Å². The number of nitrogens with zero attached hydrogens (tertiary/aromatic N) is 1. The number of pyridine rings is 1. The number of halogens is 1. The first-order chi connectivity index (χ1) is 10.2. The molecule has 2 rings (SSSR count). The van der Waals surface area contributed by atoms with Crippen LogP contribution in [0.25, 0.3) is 0 Å². The third kappa shape index (κ3) is 3.79. The fraction of sp³-hybridized carbons (Fsp3) is 0.353. The van der Waals surface area contributed by atoms with E-state index in [1.807, 2.05) is 19.3 Å². The van der Waals surface area contributed by atoms with Crippen molar-refractivity contribution in [3.8, 4) is 5.75 Å². The SMILES string of the molecule is CCCNC(c1cncc(C)c1)c1ccc(F)c(OC)c1. The van der Waals surface area contributed by atoms with Crippen LogP contribution in [0.3, 0.4) is 0 Å². The summed E-state index contributed by atoms with van der Waals surface area (Å²) in [6, 6.07) is 7.04. The van der Waals surface area contributed by atoms with Gasteiger partial charge in [0.05, 0.1) is 13.2 Å². The maximum atomic E-state index is 13.6. The Morgan fingerprint density at radius 1 is 1.24 bits per heavy atom. The molecule has 1 atom stereocenters. The summed E-state index contributed by atoms with van der Waals surface area (Å²) >= 11 is 0. The third-order valence-corrected chi connectivity index (χ3v) is 3.34. The number of aromatic nitrogens is 1. The quantitative estimate of drug-likeness (QED) is 0.881. The van der Waals surface area contributed by atoms with E-state index in [1.54, 1.807) is 12.1 Å². The molecule has 0 fully saturated rings. The zero-order valence-corrected chi connectivity index (χ0v) is 12.7. The van der Waals surface area contributed by atoms with Crippen LogP contribution < -0.4 is 10.1 Å². The summed E-state index contributed by atoms with van der Waals surface area (Å²) in [6.07, 6.45) is 4.69. The highest BCUT2D eigenvalue weighted by Gasteiger charge is 2.16. The maximum Gasteiger partial charge on any atom is 0.165 e. The van der Waals surface area contributed by atoms with Gasteiger partial charge in [0.2, 0.25) is 0 Å². The van der Waals surface area contributed by atoms with Crippen molar-refractivity contribution < 1.29 is 9.13 Å². The molecule has 0 aliphatic heterocycles. The van der Waals surface area contributed by atoms with Gasteiger partial charge in [0.1, 0.15) is 0 Å². The van der Waals surface area contributed by atoms with Crippen molar-refractivity contribution in [2.45, 2.75) is 26.3 Å². The van der Waals surface area contributed by atoms with Gasteiger partial charge in [0.15, 0.2) is 11.6 Å². The molecular formula is C17H21FN2O. The zero-order valence-electron chi connectivity index (χ0n) is 12.7. The van der Waals surface area contributed by atoms with Crippen LogP contribution in [0.4, 0.5) is 4.39 Å². The average molecular weight is 288 g/mol. The second-order valence-corrected chi connectivity index (χ2v) is 5.08. The molecule has 0 spiro atoms. The molecule has 112 valence electrons. The molecule has 2 aromatic rings. The lowest BCUT2D eigenvalue weighted by molar-refractivity contribution is 0.385. The number of methoxy groups -OCH3 is 1. The standard InChI is InChI=1S/C17H21FN2O/c1-4-7-20-17(14-8-12(2)10-19-11-14)13-5-6-15(18)16(9-13)21-3/h5-6,8-11,17,20H,4,7H2,1-3H3. The van der Waals surface area contributed by atoms with Gasteiger partial charge >= 0.3 is 0 Å². The number of hydrogen-bond acceptors (Lipinski definition) is 3. The highest BCUT2D eigenvalue weighted by Crippen LogP contribution is 2.27. The van der Waals surface area contributed by atoms with Crippen molar-refractivity contribution in [3.05, 3.63) is 59.2 Å². The Balaban J connectivity index is 2.40. The van der Waals surface area contributed by atoms with E-state index in [2.05, 4.69) is 23.3 Å². The van der Waals surface area contributed by atoms with Crippen LogP contribution in [0.5, 0.6) is 5.75 Å². The van der Waals surface area contributed by atoms with Crippen LogP contribution in [-0.2, 0) is 0 Å². The monoisotopic (exact) mass is 288 g/mol. The van der Waals surface area contributed by atoms with E-state index < -0.39 is 0 Å². The summed E-state index contributed by atoms with van der Waals surface area (Å²) in [5.41, 5.74) is 3.14.